The molecule has 1 unspecified atom stereocenters. The van der Waals surface area contributed by atoms with Crippen LogP contribution in [0.1, 0.15) is 66.2 Å². The number of nitrogens with two attached hydrogens (primary N) is 1. The third kappa shape index (κ3) is 2.85. The predicted octanol–water partition coefficient (Wildman–Crippen LogP) is 3.40. The van der Waals surface area contributed by atoms with Gasteiger partial charge in [-0.05, 0) is 44.7 Å². The second-order valence-corrected chi connectivity index (χ2v) is 5.55. The Morgan fingerprint density at radius 3 is 1.88 bits per heavy atom. The Morgan fingerprint density at radius 2 is 1.53 bits per heavy atom. The largest absolute Gasteiger partial charge is 0.326 e. The lowest BCUT2D eigenvalue weighted by atomic mass is 9.76. The molecule has 2 heteroatoms. The molecule has 1 rings (SSSR count). The highest BCUT2D eigenvalue weighted by molar-refractivity contribution is 5.00. The maximum absolute atomic E-state index is 6.69. The van der Waals surface area contributed by atoms with Crippen LogP contribution in [-0.2, 0) is 0 Å². The van der Waals surface area contributed by atoms with E-state index in [1.165, 1.54) is 38.5 Å². The molecule has 2 N–H and O–H groups in total. The van der Waals surface area contributed by atoms with Crippen molar-refractivity contribution in [2.24, 2.45) is 11.7 Å². The Labute approximate surface area is 108 Å². The van der Waals surface area contributed by atoms with E-state index in [1.54, 1.807) is 0 Å². The van der Waals surface area contributed by atoms with Crippen LogP contribution in [0.4, 0.5) is 0 Å². The monoisotopic (exact) mass is 240 g/mol. The van der Waals surface area contributed by atoms with Crippen LogP contribution >= 0.6 is 0 Å². The lowest BCUT2D eigenvalue weighted by molar-refractivity contribution is 0.0428. The van der Waals surface area contributed by atoms with Crippen molar-refractivity contribution in [1.29, 1.82) is 0 Å². The van der Waals surface area contributed by atoms with E-state index < -0.39 is 0 Å². The highest BCUT2D eigenvalue weighted by Gasteiger charge is 2.42. The second kappa shape index (κ2) is 6.75. The van der Waals surface area contributed by atoms with E-state index in [0.29, 0.717) is 6.04 Å². The Morgan fingerprint density at radius 1 is 1.06 bits per heavy atom. The molecule has 1 aliphatic rings. The summed E-state index contributed by atoms with van der Waals surface area (Å²) in [6.45, 7) is 11.4. The smallest absolute Gasteiger partial charge is 0.0357 e. The van der Waals surface area contributed by atoms with Crippen LogP contribution < -0.4 is 5.73 Å². The molecule has 1 aliphatic carbocycles. The fraction of sp³-hybridized carbons (Fsp3) is 1.00. The SMILES string of the molecule is CCN(CC)C(CC)(CC)C(N)C1CCCC1. The van der Waals surface area contributed by atoms with Crippen LogP contribution in [0, 0.1) is 5.92 Å². The number of hydrogen-bond acceptors (Lipinski definition) is 2. The highest BCUT2D eigenvalue weighted by Crippen LogP contribution is 2.37. The Hall–Kier alpha value is -0.0800. The number of rotatable bonds is 7. The van der Waals surface area contributed by atoms with Gasteiger partial charge in [0.15, 0.2) is 0 Å². The predicted molar refractivity (Wildman–Crippen MR) is 76.2 cm³/mol. The van der Waals surface area contributed by atoms with Gasteiger partial charge in [-0.1, -0.05) is 40.5 Å². The first-order valence-electron chi connectivity index (χ1n) is 7.66. The van der Waals surface area contributed by atoms with E-state index in [-0.39, 0.29) is 5.54 Å². The van der Waals surface area contributed by atoms with Crippen LogP contribution in [0.5, 0.6) is 0 Å². The first-order valence-corrected chi connectivity index (χ1v) is 7.66. The molecular formula is C15H32N2. The number of likely N-dealkylation sites (N-methyl/N-ethyl adjacent to an activating group) is 1. The summed E-state index contributed by atoms with van der Waals surface area (Å²) in [5.74, 6) is 0.760. The van der Waals surface area contributed by atoms with Gasteiger partial charge >= 0.3 is 0 Å². The topological polar surface area (TPSA) is 29.3 Å². The third-order valence-corrected chi connectivity index (χ3v) is 5.15. The summed E-state index contributed by atoms with van der Waals surface area (Å²) in [5.41, 5.74) is 6.92. The summed E-state index contributed by atoms with van der Waals surface area (Å²) >= 11 is 0. The minimum Gasteiger partial charge on any atom is -0.326 e. The fourth-order valence-corrected chi connectivity index (χ4v) is 3.99. The minimum absolute atomic E-state index is 0.235. The lowest BCUT2D eigenvalue weighted by Crippen LogP contribution is -2.61. The van der Waals surface area contributed by atoms with E-state index in [1.807, 2.05) is 0 Å². The molecule has 0 heterocycles. The molecule has 1 atom stereocenters. The normalized spacial score (nSPS) is 20.1. The average Bonchev–Trinajstić information content (AvgIpc) is 2.89. The molecular weight excluding hydrogens is 208 g/mol. The van der Waals surface area contributed by atoms with Crippen molar-refractivity contribution in [3.8, 4) is 0 Å². The summed E-state index contributed by atoms with van der Waals surface area (Å²) in [4.78, 5) is 2.61. The highest BCUT2D eigenvalue weighted by atomic mass is 15.2. The van der Waals surface area contributed by atoms with E-state index in [0.717, 1.165) is 19.0 Å². The van der Waals surface area contributed by atoms with Gasteiger partial charge in [0.25, 0.3) is 0 Å². The Bertz CT molecular complexity index is 201. The summed E-state index contributed by atoms with van der Waals surface area (Å²) in [5, 5.41) is 0. The number of hydrogen-bond donors (Lipinski definition) is 1. The molecule has 17 heavy (non-hydrogen) atoms. The molecule has 1 saturated carbocycles. The van der Waals surface area contributed by atoms with Gasteiger partial charge in [0.1, 0.15) is 0 Å². The molecule has 0 aromatic rings. The van der Waals surface area contributed by atoms with E-state index in [2.05, 4.69) is 32.6 Å². The first-order chi connectivity index (χ1) is 8.16. The molecule has 0 radical (unpaired) electrons. The fourth-order valence-electron chi connectivity index (χ4n) is 3.99. The van der Waals surface area contributed by atoms with Gasteiger partial charge in [-0.3, -0.25) is 4.90 Å². The van der Waals surface area contributed by atoms with Crippen LogP contribution in [0.15, 0.2) is 0 Å². The van der Waals surface area contributed by atoms with Crippen molar-refractivity contribution in [3.05, 3.63) is 0 Å². The van der Waals surface area contributed by atoms with Crippen LogP contribution in [0.3, 0.4) is 0 Å². The lowest BCUT2D eigenvalue weighted by Gasteiger charge is -2.48. The summed E-state index contributed by atoms with van der Waals surface area (Å²) in [7, 11) is 0. The molecule has 0 spiro atoms. The Kier molecular flexibility index (Phi) is 5.94. The molecule has 0 bridgehead atoms. The zero-order valence-corrected chi connectivity index (χ0v) is 12.3. The maximum Gasteiger partial charge on any atom is 0.0357 e. The molecule has 102 valence electrons. The van der Waals surface area contributed by atoms with E-state index >= 15 is 0 Å². The maximum atomic E-state index is 6.69. The van der Waals surface area contributed by atoms with Gasteiger partial charge in [-0.25, -0.2) is 0 Å². The van der Waals surface area contributed by atoms with Gasteiger partial charge in [-0.15, -0.1) is 0 Å². The third-order valence-electron chi connectivity index (χ3n) is 5.15. The second-order valence-electron chi connectivity index (χ2n) is 5.55. The van der Waals surface area contributed by atoms with Crippen molar-refractivity contribution in [1.82, 2.24) is 4.90 Å². The molecule has 1 fully saturated rings. The van der Waals surface area contributed by atoms with E-state index in [9.17, 15) is 0 Å². The van der Waals surface area contributed by atoms with Crippen LogP contribution in [0.25, 0.3) is 0 Å². The van der Waals surface area contributed by atoms with Crippen molar-refractivity contribution >= 4 is 0 Å². The summed E-state index contributed by atoms with van der Waals surface area (Å²) in [6.07, 6.45) is 7.85. The van der Waals surface area contributed by atoms with Crippen molar-refractivity contribution in [3.63, 3.8) is 0 Å². The van der Waals surface area contributed by atoms with Gasteiger partial charge in [0.05, 0.1) is 0 Å². The Balaban J connectivity index is 2.87. The van der Waals surface area contributed by atoms with Crippen LogP contribution in [0.2, 0.25) is 0 Å². The number of nitrogens with zero attached hydrogens (tertiary/aromatic N) is 1. The quantitative estimate of drug-likeness (QED) is 0.739. The summed E-state index contributed by atoms with van der Waals surface area (Å²) in [6, 6.07) is 0.361. The zero-order chi connectivity index (χ0) is 12.9. The minimum atomic E-state index is 0.235. The summed E-state index contributed by atoms with van der Waals surface area (Å²) < 4.78 is 0. The molecule has 0 aromatic carbocycles. The molecule has 0 amide bonds. The average molecular weight is 240 g/mol. The van der Waals surface area contributed by atoms with Crippen LogP contribution in [-0.4, -0.2) is 29.6 Å². The molecule has 2 nitrogen and oxygen atoms in total. The standard InChI is InChI=1S/C15H32N2/c1-5-15(6-2,17(7-3)8-4)14(16)13-11-9-10-12-13/h13-14H,5-12,16H2,1-4H3. The van der Waals surface area contributed by atoms with Crippen molar-refractivity contribution < 1.29 is 0 Å². The van der Waals surface area contributed by atoms with Crippen molar-refractivity contribution in [2.75, 3.05) is 13.1 Å². The van der Waals surface area contributed by atoms with Crippen molar-refractivity contribution in [2.45, 2.75) is 77.8 Å². The van der Waals surface area contributed by atoms with E-state index in [4.69, 9.17) is 5.73 Å². The van der Waals surface area contributed by atoms with Gasteiger partial charge in [0, 0.05) is 11.6 Å². The van der Waals surface area contributed by atoms with Gasteiger partial charge in [-0.2, -0.15) is 0 Å². The molecule has 0 aromatic heterocycles. The molecule has 0 aliphatic heterocycles. The zero-order valence-electron chi connectivity index (χ0n) is 12.3. The molecule has 0 saturated heterocycles. The van der Waals surface area contributed by atoms with Gasteiger partial charge in [0.2, 0.25) is 0 Å². The van der Waals surface area contributed by atoms with Gasteiger partial charge < -0.3 is 5.73 Å². The first kappa shape index (κ1) is 15.0.